The van der Waals surface area contributed by atoms with E-state index in [0.29, 0.717) is 6.54 Å². The molecule has 0 fully saturated rings. The van der Waals surface area contributed by atoms with Gasteiger partial charge in [0.05, 0.1) is 6.54 Å². The van der Waals surface area contributed by atoms with Crippen molar-refractivity contribution in [2.45, 2.75) is 25.9 Å². The normalized spacial score (nSPS) is 10.9. The van der Waals surface area contributed by atoms with E-state index in [-0.39, 0.29) is 24.0 Å². The third kappa shape index (κ3) is 5.67. The maximum atomic E-state index is 4.40. The van der Waals surface area contributed by atoms with E-state index in [1.54, 1.807) is 7.05 Å². The van der Waals surface area contributed by atoms with Crippen LogP contribution in [0.4, 0.5) is 0 Å². The van der Waals surface area contributed by atoms with Crippen LogP contribution in [0.1, 0.15) is 17.8 Å². The minimum Gasteiger partial charge on any atom is -0.359 e. The average molecular weight is 413 g/mol. The lowest BCUT2D eigenvalue weighted by Gasteiger charge is -2.11. The number of aromatic nitrogens is 2. The van der Waals surface area contributed by atoms with Gasteiger partial charge >= 0.3 is 0 Å². The first kappa shape index (κ1) is 18.5. The summed E-state index contributed by atoms with van der Waals surface area (Å²) in [6.45, 7) is 1.65. The van der Waals surface area contributed by atoms with Crippen molar-refractivity contribution in [3.63, 3.8) is 0 Å². The lowest BCUT2D eigenvalue weighted by atomic mass is 10.1. The number of aryl methyl sites for hydroxylation is 2. The van der Waals surface area contributed by atoms with Gasteiger partial charge in [0.15, 0.2) is 5.96 Å². The van der Waals surface area contributed by atoms with Gasteiger partial charge in [-0.3, -0.25) is 4.99 Å². The second-order valence-electron chi connectivity index (χ2n) is 4.80. The summed E-state index contributed by atoms with van der Waals surface area (Å²) in [4.78, 5) is 8.49. The van der Waals surface area contributed by atoms with Crippen LogP contribution in [0, 0.1) is 0 Å². The smallest absolute Gasteiger partial charge is 0.191 e. The Morgan fingerprint density at radius 1 is 1.27 bits per heavy atom. The molecule has 1 heterocycles. The highest BCUT2D eigenvalue weighted by Crippen LogP contribution is 2.05. The van der Waals surface area contributed by atoms with E-state index in [1.165, 1.54) is 5.56 Å². The highest BCUT2D eigenvalue weighted by molar-refractivity contribution is 14.0. The molecule has 1 aromatic carbocycles. The summed E-state index contributed by atoms with van der Waals surface area (Å²) in [5.41, 5.74) is 1.38. The molecule has 22 heavy (non-hydrogen) atoms. The number of halogens is 1. The summed E-state index contributed by atoms with van der Waals surface area (Å²) in [7, 11) is 3.60. The molecule has 0 aliphatic carbocycles. The second-order valence-corrected chi connectivity index (χ2v) is 4.80. The number of guanidine groups is 1. The number of benzene rings is 1. The van der Waals surface area contributed by atoms with Crippen LogP contribution < -0.4 is 10.6 Å². The van der Waals surface area contributed by atoms with Crippen LogP contribution in [0.2, 0.25) is 0 Å². The zero-order valence-electron chi connectivity index (χ0n) is 13.1. The predicted octanol–water partition coefficient (Wildman–Crippen LogP) is 2.43. The van der Waals surface area contributed by atoms with Gasteiger partial charge in [-0.1, -0.05) is 30.3 Å². The zero-order valence-corrected chi connectivity index (χ0v) is 15.5. The van der Waals surface area contributed by atoms with Crippen molar-refractivity contribution in [2.75, 3.05) is 14.1 Å². The Hall–Kier alpha value is -1.57. The van der Waals surface area contributed by atoms with Crippen LogP contribution in [-0.2, 0) is 19.5 Å². The standard InChI is InChI=1S/C16H23N5.HI/c1-17-16(18-2)20-13-15-19-10-12-21(15)11-6-9-14-7-4-3-5-8-14;/h3-5,7-8,10,12H,6,9,11,13H2,1-2H3,(H2,17,18,20);1H. The molecule has 0 radical (unpaired) electrons. The number of imidazole rings is 1. The highest BCUT2D eigenvalue weighted by atomic mass is 127. The Kier molecular flexibility index (Phi) is 8.57. The summed E-state index contributed by atoms with van der Waals surface area (Å²) in [5.74, 6) is 1.80. The van der Waals surface area contributed by atoms with Gasteiger partial charge < -0.3 is 15.2 Å². The van der Waals surface area contributed by atoms with Gasteiger partial charge in [0.25, 0.3) is 0 Å². The molecule has 2 N–H and O–H groups in total. The summed E-state index contributed by atoms with van der Waals surface area (Å²) in [6, 6.07) is 10.6. The third-order valence-corrected chi connectivity index (χ3v) is 3.38. The van der Waals surface area contributed by atoms with Gasteiger partial charge in [-0.15, -0.1) is 24.0 Å². The quantitative estimate of drug-likeness (QED) is 0.435. The van der Waals surface area contributed by atoms with Crippen molar-refractivity contribution >= 4 is 29.9 Å². The van der Waals surface area contributed by atoms with E-state index < -0.39 is 0 Å². The van der Waals surface area contributed by atoms with Gasteiger partial charge in [0, 0.05) is 33.0 Å². The van der Waals surface area contributed by atoms with Crippen molar-refractivity contribution in [3.8, 4) is 0 Å². The molecule has 0 unspecified atom stereocenters. The molecule has 0 spiro atoms. The maximum absolute atomic E-state index is 4.40. The number of rotatable bonds is 6. The summed E-state index contributed by atoms with van der Waals surface area (Å²) in [6.07, 6.45) is 6.07. The molecule has 0 atom stereocenters. The fraction of sp³-hybridized carbons (Fsp3) is 0.375. The fourth-order valence-corrected chi connectivity index (χ4v) is 2.25. The molecule has 0 bridgehead atoms. The van der Waals surface area contributed by atoms with Crippen molar-refractivity contribution in [2.24, 2.45) is 4.99 Å². The Labute approximate surface area is 149 Å². The molecule has 2 aromatic rings. The topological polar surface area (TPSA) is 54.2 Å². The molecule has 0 aliphatic rings. The highest BCUT2D eigenvalue weighted by Gasteiger charge is 2.03. The van der Waals surface area contributed by atoms with Gasteiger partial charge in [-0.05, 0) is 18.4 Å². The molecular weight excluding hydrogens is 389 g/mol. The lowest BCUT2D eigenvalue weighted by Crippen LogP contribution is -2.34. The van der Waals surface area contributed by atoms with Crippen LogP contribution >= 0.6 is 24.0 Å². The first-order valence-corrected chi connectivity index (χ1v) is 7.26. The monoisotopic (exact) mass is 413 g/mol. The van der Waals surface area contributed by atoms with Crippen LogP contribution in [0.25, 0.3) is 0 Å². The molecule has 0 saturated carbocycles. The van der Waals surface area contributed by atoms with Crippen LogP contribution in [0.3, 0.4) is 0 Å². The molecule has 1 aromatic heterocycles. The maximum Gasteiger partial charge on any atom is 0.191 e. The first-order chi connectivity index (χ1) is 10.3. The fourth-order valence-electron chi connectivity index (χ4n) is 2.25. The molecule has 2 rings (SSSR count). The minimum absolute atomic E-state index is 0. The van der Waals surface area contributed by atoms with Crippen LogP contribution in [0.5, 0.6) is 0 Å². The Balaban J connectivity index is 0.00000242. The summed E-state index contributed by atoms with van der Waals surface area (Å²) < 4.78 is 2.19. The van der Waals surface area contributed by atoms with Gasteiger partial charge in [0.2, 0.25) is 0 Å². The van der Waals surface area contributed by atoms with Crippen molar-refractivity contribution in [3.05, 3.63) is 54.1 Å². The molecule has 0 saturated heterocycles. The minimum atomic E-state index is 0. The number of hydrogen-bond donors (Lipinski definition) is 2. The molecule has 6 heteroatoms. The molecule has 0 aliphatic heterocycles. The summed E-state index contributed by atoms with van der Waals surface area (Å²) in [5, 5.41) is 6.23. The number of hydrogen-bond acceptors (Lipinski definition) is 2. The van der Waals surface area contributed by atoms with E-state index in [4.69, 9.17) is 0 Å². The van der Waals surface area contributed by atoms with Crippen molar-refractivity contribution < 1.29 is 0 Å². The molecule has 0 amide bonds. The Morgan fingerprint density at radius 3 is 2.73 bits per heavy atom. The van der Waals surface area contributed by atoms with Gasteiger partial charge in [-0.25, -0.2) is 4.98 Å². The van der Waals surface area contributed by atoms with E-state index in [2.05, 4.69) is 55.5 Å². The average Bonchev–Trinajstić information content (AvgIpc) is 2.97. The SMILES string of the molecule is CN=C(NC)NCc1nccn1CCCc1ccccc1.I. The number of nitrogens with zero attached hydrogens (tertiary/aromatic N) is 3. The van der Waals surface area contributed by atoms with Crippen LogP contribution in [0.15, 0.2) is 47.7 Å². The predicted molar refractivity (Wildman–Crippen MR) is 102 cm³/mol. The lowest BCUT2D eigenvalue weighted by molar-refractivity contribution is 0.601. The van der Waals surface area contributed by atoms with Crippen LogP contribution in [-0.4, -0.2) is 29.6 Å². The van der Waals surface area contributed by atoms with Gasteiger partial charge in [0.1, 0.15) is 5.82 Å². The van der Waals surface area contributed by atoms with E-state index in [9.17, 15) is 0 Å². The third-order valence-electron chi connectivity index (χ3n) is 3.38. The molecule has 5 nitrogen and oxygen atoms in total. The Morgan fingerprint density at radius 2 is 2.05 bits per heavy atom. The number of nitrogens with one attached hydrogen (secondary N) is 2. The zero-order chi connectivity index (χ0) is 14.9. The van der Waals surface area contributed by atoms with E-state index in [1.807, 2.05) is 19.4 Å². The molecule has 120 valence electrons. The van der Waals surface area contributed by atoms with Crippen molar-refractivity contribution in [1.82, 2.24) is 20.2 Å². The first-order valence-electron chi connectivity index (χ1n) is 7.26. The summed E-state index contributed by atoms with van der Waals surface area (Å²) >= 11 is 0. The Bertz CT molecular complexity index is 565. The van der Waals surface area contributed by atoms with Crippen molar-refractivity contribution in [1.29, 1.82) is 0 Å². The largest absolute Gasteiger partial charge is 0.359 e. The number of aliphatic imine (C=N–C) groups is 1. The van der Waals surface area contributed by atoms with Gasteiger partial charge in [-0.2, -0.15) is 0 Å². The molecular formula is C16H24IN5. The second kappa shape index (κ2) is 10.2. The van der Waals surface area contributed by atoms with E-state index >= 15 is 0 Å². The van der Waals surface area contributed by atoms with E-state index in [0.717, 1.165) is 31.2 Å².